The van der Waals surface area contributed by atoms with Crippen molar-refractivity contribution < 1.29 is 43.2 Å². The Bertz CT molecular complexity index is 1090. The second-order valence-corrected chi connectivity index (χ2v) is 8.67. The Kier molecular flexibility index (Phi) is 14.7. The van der Waals surface area contributed by atoms with Gasteiger partial charge in [-0.1, -0.05) is 0 Å². The first kappa shape index (κ1) is 35.0. The van der Waals surface area contributed by atoms with Gasteiger partial charge in [-0.15, -0.1) is 0 Å². The Hall–Kier alpha value is -4.99. The van der Waals surface area contributed by atoms with Crippen molar-refractivity contribution in [2.24, 2.45) is 23.4 Å². The van der Waals surface area contributed by atoms with Crippen LogP contribution in [-0.4, -0.2) is 82.7 Å². The van der Waals surface area contributed by atoms with E-state index in [2.05, 4.69) is 16.0 Å². The third-order valence-corrected chi connectivity index (χ3v) is 5.73. The normalized spacial score (nSPS) is 14.2. The fraction of sp³-hybridized carbons (Fsp3) is 0.476. The maximum Gasteiger partial charge on any atom is 0.256 e. The van der Waals surface area contributed by atoms with Gasteiger partial charge in [0.1, 0.15) is 24.7 Å². The van der Waals surface area contributed by atoms with Crippen molar-refractivity contribution in [2.75, 3.05) is 6.54 Å². The van der Waals surface area contributed by atoms with Crippen molar-refractivity contribution >= 4 is 53.2 Å². The maximum atomic E-state index is 13.1. The molecule has 21 nitrogen and oxygen atoms in total. The van der Waals surface area contributed by atoms with Gasteiger partial charge in [0.05, 0.1) is 0 Å². The molecule has 0 saturated heterocycles. The predicted molar refractivity (Wildman–Crippen MR) is 139 cm³/mol. The van der Waals surface area contributed by atoms with Crippen LogP contribution in [0.5, 0.6) is 0 Å². The molecule has 0 fully saturated rings. The molecule has 0 aliphatic carbocycles. The number of hydrogen-bond acceptors (Lipinski definition) is 13. The summed E-state index contributed by atoms with van der Waals surface area (Å²) < 4.78 is 0. The van der Waals surface area contributed by atoms with Gasteiger partial charge in [0.15, 0.2) is 0 Å². The summed E-state index contributed by atoms with van der Waals surface area (Å²) in [4.78, 5) is 110. The van der Waals surface area contributed by atoms with Gasteiger partial charge in [0, 0.05) is 31.4 Å². The lowest BCUT2D eigenvalue weighted by atomic mass is 10.1. The minimum Gasteiger partial charge on any atom is -0.344 e. The molecule has 15 N–H and O–H groups in total. The third-order valence-electron chi connectivity index (χ3n) is 5.73. The summed E-state index contributed by atoms with van der Waals surface area (Å²) in [7, 11) is 0. The molecule has 0 aromatic carbocycles. The van der Waals surface area contributed by atoms with Gasteiger partial charge < -0.3 is 16.0 Å². The zero-order valence-corrected chi connectivity index (χ0v) is 22.3. The summed E-state index contributed by atoms with van der Waals surface area (Å²) in [6, 6.07) is -4.15. The molecular weight excluding hydrogens is 564 g/mol. The molecule has 42 heavy (non-hydrogen) atoms. The standard InChI is InChI=1S/C21H34N12O9/c22-29-14(35)5-2-11(20(41)31-24)26-13(34)4-1-10(27-16(37)9-33-17(38)7-8-18(33)39)19(40)28-12(21(42)32-25)3-6-15(36)30-23/h7-8,10-12H,1-6,9,22-25H2,(H,26,34)(H,27,37)(H,28,40)(H,29,35)(H,30,36)(H,31,41)(H,32,42). The first-order chi connectivity index (χ1) is 19.9. The molecule has 3 unspecified atom stereocenters. The van der Waals surface area contributed by atoms with Gasteiger partial charge in [-0.05, 0) is 19.3 Å². The minimum atomic E-state index is -1.52. The number of amides is 9. The van der Waals surface area contributed by atoms with Gasteiger partial charge in [0.25, 0.3) is 23.6 Å². The molecule has 0 aromatic rings. The molecule has 0 bridgehead atoms. The molecule has 0 saturated carbocycles. The van der Waals surface area contributed by atoms with Crippen molar-refractivity contribution in [3.8, 4) is 0 Å². The van der Waals surface area contributed by atoms with E-state index >= 15 is 0 Å². The molecular formula is C21H34N12O9. The first-order valence-electron chi connectivity index (χ1n) is 12.3. The van der Waals surface area contributed by atoms with Gasteiger partial charge in [-0.3, -0.25) is 69.8 Å². The highest BCUT2D eigenvalue weighted by atomic mass is 16.2. The fourth-order valence-corrected chi connectivity index (χ4v) is 3.49. The van der Waals surface area contributed by atoms with Crippen LogP contribution in [0.2, 0.25) is 0 Å². The van der Waals surface area contributed by atoms with Crippen molar-refractivity contribution in [1.29, 1.82) is 0 Å². The third kappa shape index (κ3) is 11.6. The van der Waals surface area contributed by atoms with Gasteiger partial charge in [-0.25, -0.2) is 23.4 Å². The molecule has 1 aliphatic rings. The molecule has 1 aliphatic heterocycles. The first-order valence-corrected chi connectivity index (χ1v) is 12.3. The molecule has 3 atom stereocenters. The number of nitrogens with zero attached hydrogens (tertiary/aromatic N) is 1. The highest BCUT2D eigenvalue weighted by Crippen LogP contribution is 2.07. The smallest absolute Gasteiger partial charge is 0.256 e. The number of carbonyl (C=O) groups is 9. The monoisotopic (exact) mass is 598 g/mol. The molecule has 0 aromatic heterocycles. The summed E-state index contributed by atoms with van der Waals surface area (Å²) in [5.74, 6) is 13.0. The summed E-state index contributed by atoms with van der Waals surface area (Å²) in [6.07, 6.45) is 0.0148. The highest BCUT2D eigenvalue weighted by Gasteiger charge is 2.31. The molecule has 232 valence electrons. The summed E-state index contributed by atoms with van der Waals surface area (Å²) in [5.41, 5.74) is 7.38. The Labute approximate surface area is 238 Å². The van der Waals surface area contributed by atoms with Crippen LogP contribution in [0.25, 0.3) is 0 Å². The lowest BCUT2D eigenvalue weighted by Crippen LogP contribution is -2.56. The SMILES string of the molecule is NNC(=O)CCC(NC(=O)CCC(NC(=O)CN1C(=O)C=CC1=O)C(=O)NC(CCC(=O)NN)C(=O)NN)C(=O)NN. The number of nitrogens with one attached hydrogen (secondary N) is 7. The van der Waals surface area contributed by atoms with Crippen molar-refractivity contribution in [1.82, 2.24) is 42.6 Å². The largest absolute Gasteiger partial charge is 0.344 e. The second-order valence-electron chi connectivity index (χ2n) is 8.67. The molecule has 21 heteroatoms. The maximum absolute atomic E-state index is 13.1. The van der Waals surface area contributed by atoms with Crippen LogP contribution in [-0.2, 0) is 43.2 Å². The summed E-state index contributed by atoms with van der Waals surface area (Å²) >= 11 is 0. The molecule has 0 spiro atoms. The number of hydrazine groups is 4. The van der Waals surface area contributed by atoms with Crippen LogP contribution < -0.4 is 61.0 Å². The summed E-state index contributed by atoms with van der Waals surface area (Å²) in [5, 5.41) is 6.91. The van der Waals surface area contributed by atoms with Crippen molar-refractivity contribution in [3.05, 3.63) is 12.2 Å². The minimum absolute atomic E-state index is 0.184. The Morgan fingerprint density at radius 2 is 0.929 bits per heavy atom. The highest BCUT2D eigenvalue weighted by molar-refractivity contribution is 6.14. The molecule has 9 amide bonds. The van der Waals surface area contributed by atoms with E-state index in [9.17, 15) is 43.2 Å². The fourth-order valence-electron chi connectivity index (χ4n) is 3.49. The molecule has 1 heterocycles. The van der Waals surface area contributed by atoms with Gasteiger partial charge >= 0.3 is 0 Å². The quantitative estimate of drug-likeness (QED) is 0.0321. The van der Waals surface area contributed by atoms with Crippen LogP contribution in [0.4, 0.5) is 0 Å². The number of imide groups is 1. The lowest BCUT2D eigenvalue weighted by molar-refractivity contribution is -0.141. The van der Waals surface area contributed by atoms with Crippen molar-refractivity contribution in [3.63, 3.8) is 0 Å². The topological polar surface area (TPSA) is 345 Å². The van der Waals surface area contributed by atoms with Crippen molar-refractivity contribution in [2.45, 2.75) is 56.7 Å². The van der Waals surface area contributed by atoms with E-state index in [4.69, 9.17) is 23.4 Å². The van der Waals surface area contributed by atoms with E-state index in [-0.39, 0.29) is 25.7 Å². The van der Waals surface area contributed by atoms with Crippen LogP contribution in [0.15, 0.2) is 12.2 Å². The van der Waals surface area contributed by atoms with Crippen LogP contribution in [0.3, 0.4) is 0 Å². The zero-order valence-electron chi connectivity index (χ0n) is 22.3. The Morgan fingerprint density at radius 1 is 0.548 bits per heavy atom. The van der Waals surface area contributed by atoms with Crippen LogP contribution in [0, 0.1) is 0 Å². The number of hydrogen-bond donors (Lipinski definition) is 11. The van der Waals surface area contributed by atoms with Gasteiger partial charge in [-0.2, -0.15) is 0 Å². The average molecular weight is 599 g/mol. The van der Waals surface area contributed by atoms with E-state index in [0.717, 1.165) is 12.2 Å². The van der Waals surface area contributed by atoms with Crippen LogP contribution in [0.1, 0.15) is 38.5 Å². The second kappa shape index (κ2) is 17.6. The average Bonchev–Trinajstić information content (AvgIpc) is 3.29. The van der Waals surface area contributed by atoms with E-state index < -0.39 is 90.7 Å². The summed E-state index contributed by atoms with van der Waals surface area (Å²) in [6.45, 7) is -0.758. The number of rotatable bonds is 17. The predicted octanol–water partition coefficient (Wildman–Crippen LogP) is -7.33. The Morgan fingerprint density at radius 3 is 1.36 bits per heavy atom. The van der Waals surface area contributed by atoms with Gasteiger partial charge in [0.2, 0.25) is 29.5 Å². The lowest BCUT2D eigenvalue weighted by Gasteiger charge is -2.24. The van der Waals surface area contributed by atoms with E-state index in [1.165, 1.54) is 0 Å². The molecule has 0 radical (unpaired) electrons. The van der Waals surface area contributed by atoms with E-state index in [1.807, 2.05) is 21.7 Å². The van der Waals surface area contributed by atoms with E-state index in [0.29, 0.717) is 4.90 Å². The zero-order chi connectivity index (χ0) is 31.8. The number of nitrogens with two attached hydrogens (primary N) is 4. The van der Waals surface area contributed by atoms with E-state index in [1.54, 1.807) is 0 Å². The Balaban J connectivity index is 3.02. The van der Waals surface area contributed by atoms with Crippen LogP contribution >= 0.6 is 0 Å². The number of carbonyl (C=O) groups excluding carboxylic acids is 9. The molecule has 1 rings (SSSR count).